The molecule has 1 unspecified atom stereocenters. The van der Waals surface area contributed by atoms with Crippen LogP contribution in [0, 0.1) is 11.8 Å². The number of benzene rings is 1. The Bertz CT molecular complexity index is 362. The molecule has 0 saturated heterocycles. The van der Waals surface area contributed by atoms with Crippen LogP contribution in [0.3, 0.4) is 0 Å². The number of amides is 1. The maximum absolute atomic E-state index is 11.8. The second kappa shape index (κ2) is 8.70. The molecule has 0 aromatic heterocycles. The summed E-state index contributed by atoms with van der Waals surface area (Å²) in [4.78, 5) is 11.8. The van der Waals surface area contributed by atoms with E-state index >= 15 is 0 Å². The number of rotatable bonds is 8. The lowest BCUT2D eigenvalue weighted by molar-refractivity contribution is -0.121. The van der Waals surface area contributed by atoms with Crippen LogP contribution in [0.25, 0.3) is 0 Å². The topological polar surface area (TPSA) is 55.1 Å². The third kappa shape index (κ3) is 6.39. The van der Waals surface area contributed by atoms with Gasteiger partial charge in [0.05, 0.1) is 0 Å². The SMILES string of the molecule is CC(C)C(CCN)CCC(=O)NCc1ccccc1. The van der Waals surface area contributed by atoms with Gasteiger partial charge in [0.15, 0.2) is 0 Å². The highest BCUT2D eigenvalue weighted by Crippen LogP contribution is 2.20. The van der Waals surface area contributed by atoms with E-state index in [4.69, 9.17) is 5.73 Å². The summed E-state index contributed by atoms with van der Waals surface area (Å²) in [7, 11) is 0. The lowest BCUT2D eigenvalue weighted by Crippen LogP contribution is -2.24. The fourth-order valence-electron chi connectivity index (χ4n) is 2.23. The van der Waals surface area contributed by atoms with Crippen LogP contribution in [0.1, 0.15) is 38.7 Å². The van der Waals surface area contributed by atoms with Crippen molar-refractivity contribution in [2.45, 2.75) is 39.7 Å². The Balaban J connectivity index is 2.27. The predicted octanol–water partition coefficient (Wildman–Crippen LogP) is 2.70. The highest BCUT2D eigenvalue weighted by molar-refractivity contribution is 5.75. The second-order valence-corrected chi connectivity index (χ2v) is 5.38. The van der Waals surface area contributed by atoms with Gasteiger partial charge in [0.25, 0.3) is 0 Å². The number of nitrogens with one attached hydrogen (secondary N) is 1. The molecule has 0 aliphatic heterocycles. The van der Waals surface area contributed by atoms with Gasteiger partial charge in [-0.15, -0.1) is 0 Å². The summed E-state index contributed by atoms with van der Waals surface area (Å²) in [6.45, 7) is 5.71. The van der Waals surface area contributed by atoms with Gasteiger partial charge in [-0.05, 0) is 36.8 Å². The van der Waals surface area contributed by atoms with E-state index in [0.717, 1.165) is 18.4 Å². The predicted molar refractivity (Wildman–Crippen MR) is 79.5 cm³/mol. The van der Waals surface area contributed by atoms with E-state index in [1.54, 1.807) is 0 Å². The molecule has 0 spiro atoms. The Kier molecular flexibility index (Phi) is 7.19. The van der Waals surface area contributed by atoms with Gasteiger partial charge in [0.1, 0.15) is 0 Å². The fraction of sp³-hybridized carbons (Fsp3) is 0.562. The average Bonchev–Trinajstić information content (AvgIpc) is 2.42. The van der Waals surface area contributed by atoms with Crippen LogP contribution >= 0.6 is 0 Å². The molecule has 0 bridgehead atoms. The zero-order chi connectivity index (χ0) is 14.1. The molecule has 19 heavy (non-hydrogen) atoms. The lowest BCUT2D eigenvalue weighted by Gasteiger charge is -2.19. The van der Waals surface area contributed by atoms with Crippen molar-refractivity contribution in [2.75, 3.05) is 6.54 Å². The average molecular weight is 262 g/mol. The van der Waals surface area contributed by atoms with Gasteiger partial charge in [0.2, 0.25) is 5.91 Å². The van der Waals surface area contributed by atoms with E-state index in [9.17, 15) is 4.79 Å². The number of hydrogen-bond donors (Lipinski definition) is 2. The third-order valence-corrected chi connectivity index (χ3v) is 3.55. The largest absolute Gasteiger partial charge is 0.352 e. The van der Waals surface area contributed by atoms with Gasteiger partial charge in [-0.25, -0.2) is 0 Å². The molecule has 3 N–H and O–H groups in total. The number of nitrogens with two attached hydrogens (primary N) is 1. The standard InChI is InChI=1S/C16H26N2O/c1-13(2)15(10-11-17)8-9-16(19)18-12-14-6-4-3-5-7-14/h3-7,13,15H,8-12,17H2,1-2H3,(H,18,19). The summed E-state index contributed by atoms with van der Waals surface area (Å²) < 4.78 is 0. The van der Waals surface area contributed by atoms with Crippen LogP contribution in [0.15, 0.2) is 30.3 Å². The molecule has 0 aliphatic carbocycles. The van der Waals surface area contributed by atoms with Crippen LogP contribution < -0.4 is 11.1 Å². The normalized spacial score (nSPS) is 12.4. The van der Waals surface area contributed by atoms with Gasteiger partial charge in [0, 0.05) is 13.0 Å². The van der Waals surface area contributed by atoms with E-state index < -0.39 is 0 Å². The molecule has 1 aromatic carbocycles. The molecule has 3 heteroatoms. The van der Waals surface area contributed by atoms with Gasteiger partial charge in [-0.1, -0.05) is 44.2 Å². The monoisotopic (exact) mass is 262 g/mol. The van der Waals surface area contributed by atoms with Crippen molar-refractivity contribution in [3.63, 3.8) is 0 Å². The molecule has 106 valence electrons. The molecule has 1 atom stereocenters. The van der Waals surface area contributed by atoms with Crippen molar-refractivity contribution in [3.05, 3.63) is 35.9 Å². The zero-order valence-electron chi connectivity index (χ0n) is 12.1. The van der Waals surface area contributed by atoms with Crippen LogP contribution in [0.2, 0.25) is 0 Å². The lowest BCUT2D eigenvalue weighted by atomic mass is 9.88. The molecule has 1 amide bonds. The van der Waals surface area contributed by atoms with E-state index in [-0.39, 0.29) is 5.91 Å². The maximum Gasteiger partial charge on any atom is 0.220 e. The summed E-state index contributed by atoms with van der Waals surface area (Å²) in [6.07, 6.45) is 2.52. The van der Waals surface area contributed by atoms with E-state index in [1.807, 2.05) is 30.3 Å². The summed E-state index contributed by atoms with van der Waals surface area (Å²) in [6, 6.07) is 9.98. The number of hydrogen-bond acceptors (Lipinski definition) is 2. The van der Waals surface area contributed by atoms with Crippen molar-refractivity contribution in [3.8, 4) is 0 Å². The van der Waals surface area contributed by atoms with Crippen LogP contribution in [0.5, 0.6) is 0 Å². The fourth-order valence-corrected chi connectivity index (χ4v) is 2.23. The minimum atomic E-state index is 0.131. The number of carbonyl (C=O) groups is 1. The Hall–Kier alpha value is -1.35. The first-order valence-corrected chi connectivity index (χ1v) is 7.14. The van der Waals surface area contributed by atoms with Crippen molar-refractivity contribution < 1.29 is 4.79 Å². The Morgan fingerprint density at radius 3 is 2.47 bits per heavy atom. The summed E-state index contributed by atoms with van der Waals surface area (Å²) >= 11 is 0. The Morgan fingerprint density at radius 1 is 1.21 bits per heavy atom. The molecule has 0 fully saturated rings. The number of carbonyl (C=O) groups excluding carboxylic acids is 1. The van der Waals surface area contributed by atoms with E-state index in [0.29, 0.717) is 31.3 Å². The van der Waals surface area contributed by atoms with Crippen molar-refractivity contribution in [2.24, 2.45) is 17.6 Å². The quantitative estimate of drug-likeness (QED) is 0.757. The molecular weight excluding hydrogens is 236 g/mol. The summed E-state index contributed by atoms with van der Waals surface area (Å²) in [5.74, 6) is 1.27. The molecule has 0 radical (unpaired) electrons. The highest BCUT2D eigenvalue weighted by atomic mass is 16.1. The van der Waals surface area contributed by atoms with Gasteiger partial charge < -0.3 is 11.1 Å². The third-order valence-electron chi connectivity index (χ3n) is 3.55. The molecule has 0 saturated carbocycles. The van der Waals surface area contributed by atoms with Gasteiger partial charge in [-0.3, -0.25) is 4.79 Å². The minimum Gasteiger partial charge on any atom is -0.352 e. The van der Waals surface area contributed by atoms with Gasteiger partial charge >= 0.3 is 0 Å². The van der Waals surface area contributed by atoms with Crippen molar-refractivity contribution in [1.82, 2.24) is 5.32 Å². The Labute approximate surface area is 116 Å². The van der Waals surface area contributed by atoms with E-state index in [1.165, 1.54) is 0 Å². The van der Waals surface area contributed by atoms with Crippen LogP contribution in [-0.2, 0) is 11.3 Å². The molecule has 0 aliphatic rings. The van der Waals surface area contributed by atoms with E-state index in [2.05, 4.69) is 19.2 Å². The molecule has 0 heterocycles. The molecular formula is C16H26N2O. The first kappa shape index (κ1) is 15.7. The van der Waals surface area contributed by atoms with Crippen LogP contribution in [0.4, 0.5) is 0 Å². The second-order valence-electron chi connectivity index (χ2n) is 5.38. The van der Waals surface area contributed by atoms with Crippen molar-refractivity contribution >= 4 is 5.91 Å². The van der Waals surface area contributed by atoms with Crippen LogP contribution in [-0.4, -0.2) is 12.5 Å². The Morgan fingerprint density at radius 2 is 1.89 bits per heavy atom. The van der Waals surface area contributed by atoms with Crippen molar-refractivity contribution in [1.29, 1.82) is 0 Å². The maximum atomic E-state index is 11.8. The first-order valence-electron chi connectivity index (χ1n) is 7.14. The first-order chi connectivity index (χ1) is 9.13. The van der Waals surface area contributed by atoms with Gasteiger partial charge in [-0.2, -0.15) is 0 Å². The summed E-state index contributed by atoms with van der Waals surface area (Å²) in [5, 5.41) is 2.97. The zero-order valence-corrected chi connectivity index (χ0v) is 12.1. The summed E-state index contributed by atoms with van der Waals surface area (Å²) in [5.41, 5.74) is 6.74. The smallest absolute Gasteiger partial charge is 0.220 e. The molecule has 1 rings (SSSR count). The minimum absolute atomic E-state index is 0.131. The highest BCUT2D eigenvalue weighted by Gasteiger charge is 2.14. The molecule has 1 aromatic rings. The molecule has 3 nitrogen and oxygen atoms in total.